The molecule has 4 nitrogen and oxygen atoms in total. The highest BCUT2D eigenvalue weighted by Gasteiger charge is 2.27. The number of carbonyl (C=O) groups excluding carboxylic acids is 2. The van der Waals surface area contributed by atoms with Gasteiger partial charge >= 0.3 is 0 Å². The Morgan fingerprint density at radius 1 is 1.10 bits per heavy atom. The second-order valence-electron chi connectivity index (χ2n) is 4.54. The molecule has 1 aromatic heterocycles. The van der Waals surface area contributed by atoms with Crippen LogP contribution in [0.1, 0.15) is 23.4 Å². The van der Waals surface area contributed by atoms with Crippen LogP contribution in [0.25, 0.3) is 0 Å². The highest BCUT2D eigenvalue weighted by molar-refractivity contribution is 6.06. The number of benzene rings is 1. The fourth-order valence-electron chi connectivity index (χ4n) is 2.28. The van der Waals surface area contributed by atoms with Crippen molar-refractivity contribution in [2.75, 3.05) is 4.90 Å². The first-order valence-electron chi connectivity index (χ1n) is 6.42. The SMILES string of the molecule is O=C(/C=C1\CCC(=O)N1c1ccccc1)c1ccco1. The summed E-state index contributed by atoms with van der Waals surface area (Å²) in [4.78, 5) is 25.6. The molecule has 1 aliphatic heterocycles. The van der Waals surface area contributed by atoms with Crippen LogP contribution in [0.15, 0.2) is 64.9 Å². The normalized spacial score (nSPS) is 16.9. The number of hydrogen-bond donors (Lipinski definition) is 0. The third kappa shape index (κ3) is 2.28. The minimum Gasteiger partial charge on any atom is -0.461 e. The lowest BCUT2D eigenvalue weighted by Crippen LogP contribution is -2.22. The topological polar surface area (TPSA) is 50.5 Å². The van der Waals surface area contributed by atoms with Gasteiger partial charge in [0.1, 0.15) is 0 Å². The third-order valence-corrected chi connectivity index (χ3v) is 3.21. The number of amides is 1. The standard InChI is InChI=1S/C16H13NO3/c18-14(15-7-4-10-20-15)11-13-8-9-16(19)17(13)12-5-2-1-3-6-12/h1-7,10-11H,8-9H2/b13-11+. The fraction of sp³-hybridized carbons (Fsp3) is 0.125. The molecule has 2 aromatic rings. The molecule has 2 heterocycles. The van der Waals surface area contributed by atoms with Gasteiger partial charge in [0, 0.05) is 23.9 Å². The van der Waals surface area contributed by atoms with Crippen molar-refractivity contribution in [2.45, 2.75) is 12.8 Å². The number of rotatable bonds is 3. The molecule has 0 radical (unpaired) electrons. The molecule has 1 amide bonds. The van der Waals surface area contributed by atoms with Crippen LogP contribution in [-0.4, -0.2) is 11.7 Å². The predicted octanol–water partition coefficient (Wildman–Crippen LogP) is 3.17. The largest absolute Gasteiger partial charge is 0.461 e. The van der Waals surface area contributed by atoms with Crippen molar-refractivity contribution in [1.29, 1.82) is 0 Å². The van der Waals surface area contributed by atoms with Gasteiger partial charge in [-0.25, -0.2) is 0 Å². The van der Waals surface area contributed by atoms with E-state index in [0.29, 0.717) is 18.5 Å². The maximum absolute atomic E-state index is 12.0. The number of hydrogen-bond acceptors (Lipinski definition) is 3. The van der Waals surface area contributed by atoms with Gasteiger partial charge in [0.05, 0.1) is 6.26 Å². The molecule has 0 atom stereocenters. The Kier molecular flexibility index (Phi) is 3.21. The van der Waals surface area contributed by atoms with Gasteiger partial charge in [0.2, 0.25) is 11.7 Å². The number of anilines is 1. The number of nitrogens with zero attached hydrogens (tertiary/aromatic N) is 1. The van der Waals surface area contributed by atoms with Gasteiger partial charge in [-0.15, -0.1) is 0 Å². The fourth-order valence-corrected chi connectivity index (χ4v) is 2.28. The molecule has 0 unspecified atom stereocenters. The monoisotopic (exact) mass is 267 g/mol. The van der Waals surface area contributed by atoms with Crippen molar-refractivity contribution in [3.8, 4) is 0 Å². The summed E-state index contributed by atoms with van der Waals surface area (Å²) in [7, 11) is 0. The van der Waals surface area contributed by atoms with E-state index in [9.17, 15) is 9.59 Å². The van der Waals surface area contributed by atoms with Crippen LogP contribution in [0.5, 0.6) is 0 Å². The molecule has 1 aliphatic rings. The molecular weight excluding hydrogens is 254 g/mol. The number of ketones is 1. The molecule has 1 saturated heterocycles. The lowest BCUT2D eigenvalue weighted by atomic mass is 10.2. The van der Waals surface area contributed by atoms with E-state index in [1.165, 1.54) is 12.3 Å². The first-order valence-corrected chi connectivity index (χ1v) is 6.42. The van der Waals surface area contributed by atoms with Crippen LogP contribution in [0, 0.1) is 0 Å². The van der Waals surface area contributed by atoms with Crippen molar-refractivity contribution in [3.63, 3.8) is 0 Å². The first kappa shape index (κ1) is 12.4. The lowest BCUT2D eigenvalue weighted by Gasteiger charge is -2.17. The van der Waals surface area contributed by atoms with Gasteiger partial charge in [0.25, 0.3) is 0 Å². The summed E-state index contributed by atoms with van der Waals surface area (Å²) in [6, 6.07) is 12.6. The second-order valence-corrected chi connectivity index (χ2v) is 4.54. The minimum absolute atomic E-state index is 0.00898. The number of carbonyl (C=O) groups is 2. The Morgan fingerprint density at radius 3 is 2.60 bits per heavy atom. The molecule has 0 bridgehead atoms. The Morgan fingerprint density at radius 2 is 1.90 bits per heavy atom. The summed E-state index contributed by atoms with van der Waals surface area (Å²) in [5.41, 5.74) is 1.50. The van der Waals surface area contributed by atoms with Gasteiger partial charge in [-0.3, -0.25) is 14.5 Å². The van der Waals surface area contributed by atoms with E-state index in [2.05, 4.69) is 0 Å². The van der Waals surface area contributed by atoms with E-state index < -0.39 is 0 Å². The molecule has 0 spiro atoms. The summed E-state index contributed by atoms with van der Waals surface area (Å²) in [5.74, 6) is 0.0696. The molecule has 0 saturated carbocycles. The molecular formula is C16H13NO3. The Bertz CT molecular complexity index is 656. The number of furan rings is 1. The van der Waals surface area contributed by atoms with Crippen LogP contribution in [-0.2, 0) is 4.79 Å². The first-order chi connectivity index (χ1) is 9.75. The Balaban J connectivity index is 1.92. The van der Waals surface area contributed by atoms with Crippen LogP contribution in [0.3, 0.4) is 0 Å². The molecule has 0 aliphatic carbocycles. The molecule has 20 heavy (non-hydrogen) atoms. The zero-order valence-electron chi connectivity index (χ0n) is 10.8. The van der Waals surface area contributed by atoms with E-state index in [-0.39, 0.29) is 17.5 Å². The lowest BCUT2D eigenvalue weighted by molar-refractivity contribution is -0.116. The summed E-state index contributed by atoms with van der Waals surface area (Å²) < 4.78 is 5.08. The highest BCUT2D eigenvalue weighted by Crippen LogP contribution is 2.29. The van der Waals surface area contributed by atoms with Gasteiger partial charge in [-0.1, -0.05) is 18.2 Å². The van der Waals surface area contributed by atoms with Gasteiger partial charge < -0.3 is 4.42 Å². The van der Waals surface area contributed by atoms with E-state index in [0.717, 1.165) is 5.69 Å². The summed E-state index contributed by atoms with van der Waals surface area (Å²) in [5, 5.41) is 0. The maximum atomic E-state index is 12.0. The maximum Gasteiger partial charge on any atom is 0.231 e. The third-order valence-electron chi connectivity index (χ3n) is 3.21. The van der Waals surface area contributed by atoms with Crippen molar-refractivity contribution in [2.24, 2.45) is 0 Å². The van der Waals surface area contributed by atoms with E-state index in [1.807, 2.05) is 30.3 Å². The molecule has 1 aromatic carbocycles. The van der Waals surface area contributed by atoms with Crippen LogP contribution >= 0.6 is 0 Å². The summed E-state index contributed by atoms with van der Waals surface area (Å²) in [6.45, 7) is 0. The van der Waals surface area contributed by atoms with E-state index >= 15 is 0 Å². The summed E-state index contributed by atoms with van der Waals surface area (Å²) in [6.07, 6.45) is 3.93. The smallest absolute Gasteiger partial charge is 0.231 e. The highest BCUT2D eigenvalue weighted by atomic mass is 16.3. The van der Waals surface area contributed by atoms with Crippen LogP contribution in [0.4, 0.5) is 5.69 Å². The van der Waals surface area contributed by atoms with Gasteiger partial charge in [-0.2, -0.15) is 0 Å². The molecule has 3 rings (SSSR count). The van der Waals surface area contributed by atoms with Crippen LogP contribution in [0.2, 0.25) is 0 Å². The zero-order valence-corrected chi connectivity index (χ0v) is 10.8. The van der Waals surface area contributed by atoms with Gasteiger partial charge in [0.15, 0.2) is 5.76 Å². The molecule has 1 fully saturated rings. The van der Waals surface area contributed by atoms with E-state index in [1.54, 1.807) is 17.0 Å². The number of allylic oxidation sites excluding steroid dienone is 2. The summed E-state index contributed by atoms with van der Waals surface area (Å²) >= 11 is 0. The number of para-hydroxylation sites is 1. The zero-order chi connectivity index (χ0) is 13.9. The quantitative estimate of drug-likeness (QED) is 0.634. The van der Waals surface area contributed by atoms with Crippen molar-refractivity contribution in [3.05, 3.63) is 66.3 Å². The predicted molar refractivity (Wildman–Crippen MR) is 74.3 cm³/mol. The average Bonchev–Trinajstić information content (AvgIpc) is 3.10. The van der Waals surface area contributed by atoms with Gasteiger partial charge in [-0.05, 0) is 30.7 Å². The van der Waals surface area contributed by atoms with Crippen molar-refractivity contribution < 1.29 is 14.0 Å². The Labute approximate surface area is 116 Å². The van der Waals surface area contributed by atoms with E-state index in [4.69, 9.17) is 4.42 Å². The minimum atomic E-state index is -0.222. The van der Waals surface area contributed by atoms with Crippen molar-refractivity contribution in [1.82, 2.24) is 0 Å². The second kappa shape index (κ2) is 5.17. The van der Waals surface area contributed by atoms with Crippen molar-refractivity contribution >= 4 is 17.4 Å². The average molecular weight is 267 g/mol. The molecule has 100 valence electrons. The Hall–Kier alpha value is -2.62. The van der Waals surface area contributed by atoms with Crippen LogP contribution < -0.4 is 4.90 Å². The molecule has 0 N–H and O–H groups in total. The molecule has 4 heteroatoms.